The first-order chi connectivity index (χ1) is 8.75. The van der Waals surface area contributed by atoms with E-state index < -0.39 is 0 Å². The van der Waals surface area contributed by atoms with Gasteiger partial charge in [-0.15, -0.1) is 0 Å². The van der Waals surface area contributed by atoms with Gasteiger partial charge in [-0.25, -0.2) is 0 Å². The van der Waals surface area contributed by atoms with E-state index in [0.717, 1.165) is 25.3 Å². The van der Waals surface area contributed by atoms with E-state index in [1.54, 1.807) is 6.26 Å². The van der Waals surface area contributed by atoms with Crippen LogP contribution in [0.15, 0.2) is 53.1 Å². The predicted octanol–water partition coefficient (Wildman–Crippen LogP) is 2.80. The van der Waals surface area contributed by atoms with Crippen molar-refractivity contribution in [1.82, 2.24) is 4.90 Å². The SMILES string of the molecule is CN(CCC(N)c1ccccc1)Cc1ccco1. The van der Waals surface area contributed by atoms with Gasteiger partial charge in [0.05, 0.1) is 12.8 Å². The zero-order chi connectivity index (χ0) is 12.8. The zero-order valence-corrected chi connectivity index (χ0v) is 10.8. The Kier molecular flexibility index (Phi) is 4.56. The van der Waals surface area contributed by atoms with Crippen LogP contribution in [-0.4, -0.2) is 18.5 Å². The summed E-state index contributed by atoms with van der Waals surface area (Å²) in [7, 11) is 2.08. The molecule has 0 spiro atoms. The number of nitrogens with two attached hydrogens (primary N) is 1. The van der Waals surface area contributed by atoms with Gasteiger partial charge in [0.15, 0.2) is 0 Å². The number of rotatable bonds is 6. The van der Waals surface area contributed by atoms with Crippen LogP contribution in [0.3, 0.4) is 0 Å². The van der Waals surface area contributed by atoms with Gasteiger partial charge in [0.2, 0.25) is 0 Å². The first-order valence-electron chi connectivity index (χ1n) is 6.27. The summed E-state index contributed by atoms with van der Waals surface area (Å²) in [6, 6.07) is 14.2. The van der Waals surface area contributed by atoms with Crippen LogP contribution in [-0.2, 0) is 6.54 Å². The van der Waals surface area contributed by atoms with Crippen LogP contribution in [0.4, 0.5) is 0 Å². The lowest BCUT2D eigenvalue weighted by molar-refractivity contribution is 0.284. The summed E-state index contributed by atoms with van der Waals surface area (Å²) in [5, 5.41) is 0. The van der Waals surface area contributed by atoms with E-state index in [2.05, 4.69) is 24.1 Å². The lowest BCUT2D eigenvalue weighted by Crippen LogP contribution is -2.23. The maximum atomic E-state index is 6.17. The molecule has 0 saturated carbocycles. The molecule has 3 heteroatoms. The van der Waals surface area contributed by atoms with Crippen molar-refractivity contribution < 1.29 is 4.42 Å². The number of hydrogen-bond donors (Lipinski definition) is 1. The molecule has 3 nitrogen and oxygen atoms in total. The van der Waals surface area contributed by atoms with Crippen LogP contribution in [0, 0.1) is 0 Å². The molecule has 0 aliphatic carbocycles. The third-order valence-corrected chi connectivity index (χ3v) is 3.06. The van der Waals surface area contributed by atoms with Gasteiger partial charge in [-0.1, -0.05) is 30.3 Å². The second kappa shape index (κ2) is 6.38. The fourth-order valence-electron chi connectivity index (χ4n) is 1.97. The largest absolute Gasteiger partial charge is 0.468 e. The lowest BCUT2D eigenvalue weighted by Gasteiger charge is -2.18. The molecule has 18 heavy (non-hydrogen) atoms. The molecule has 1 aromatic carbocycles. The minimum absolute atomic E-state index is 0.102. The molecule has 0 fully saturated rings. The van der Waals surface area contributed by atoms with Gasteiger partial charge >= 0.3 is 0 Å². The number of furan rings is 1. The van der Waals surface area contributed by atoms with E-state index in [9.17, 15) is 0 Å². The molecule has 0 aliphatic heterocycles. The molecule has 96 valence electrons. The molecule has 0 bridgehead atoms. The summed E-state index contributed by atoms with van der Waals surface area (Å²) in [6.07, 6.45) is 2.65. The third kappa shape index (κ3) is 3.72. The zero-order valence-electron chi connectivity index (χ0n) is 10.8. The van der Waals surface area contributed by atoms with Crippen LogP contribution in [0.1, 0.15) is 23.8 Å². The Labute approximate surface area is 108 Å². The van der Waals surface area contributed by atoms with Crippen molar-refractivity contribution in [2.75, 3.05) is 13.6 Å². The standard InChI is InChI=1S/C15H20N2O/c1-17(12-14-8-5-11-18-14)10-9-15(16)13-6-3-2-4-7-13/h2-8,11,15H,9-10,12,16H2,1H3. The smallest absolute Gasteiger partial charge is 0.117 e. The normalized spacial score (nSPS) is 12.8. The Balaban J connectivity index is 1.77. The van der Waals surface area contributed by atoms with Crippen molar-refractivity contribution in [3.05, 3.63) is 60.1 Å². The van der Waals surface area contributed by atoms with E-state index >= 15 is 0 Å². The highest BCUT2D eigenvalue weighted by Crippen LogP contribution is 2.14. The quantitative estimate of drug-likeness (QED) is 0.849. The Morgan fingerprint density at radius 3 is 2.61 bits per heavy atom. The molecule has 0 radical (unpaired) electrons. The minimum atomic E-state index is 0.102. The Bertz CT molecular complexity index is 439. The van der Waals surface area contributed by atoms with Crippen LogP contribution in [0.25, 0.3) is 0 Å². The Morgan fingerprint density at radius 1 is 1.17 bits per heavy atom. The summed E-state index contributed by atoms with van der Waals surface area (Å²) in [5.74, 6) is 0.991. The fraction of sp³-hybridized carbons (Fsp3) is 0.333. The summed E-state index contributed by atoms with van der Waals surface area (Å²) >= 11 is 0. The topological polar surface area (TPSA) is 42.4 Å². The molecule has 0 aliphatic rings. The van der Waals surface area contributed by atoms with Crippen molar-refractivity contribution in [2.24, 2.45) is 5.73 Å². The van der Waals surface area contributed by atoms with Crippen molar-refractivity contribution in [3.8, 4) is 0 Å². The third-order valence-electron chi connectivity index (χ3n) is 3.06. The van der Waals surface area contributed by atoms with E-state index in [-0.39, 0.29) is 6.04 Å². The summed E-state index contributed by atoms with van der Waals surface area (Å²) < 4.78 is 5.32. The highest BCUT2D eigenvalue weighted by Gasteiger charge is 2.08. The van der Waals surface area contributed by atoms with E-state index in [0.29, 0.717) is 0 Å². The second-order valence-electron chi connectivity index (χ2n) is 4.62. The van der Waals surface area contributed by atoms with Gasteiger partial charge in [-0.2, -0.15) is 0 Å². The van der Waals surface area contributed by atoms with E-state index in [1.165, 1.54) is 5.56 Å². The highest BCUT2D eigenvalue weighted by molar-refractivity contribution is 5.18. The molecule has 0 saturated heterocycles. The molecule has 2 N–H and O–H groups in total. The van der Waals surface area contributed by atoms with E-state index in [4.69, 9.17) is 10.2 Å². The first-order valence-corrected chi connectivity index (χ1v) is 6.27. The Morgan fingerprint density at radius 2 is 1.94 bits per heavy atom. The van der Waals surface area contributed by atoms with Crippen molar-refractivity contribution >= 4 is 0 Å². The Hall–Kier alpha value is -1.58. The van der Waals surface area contributed by atoms with E-state index in [1.807, 2.05) is 30.3 Å². The number of hydrogen-bond acceptors (Lipinski definition) is 3. The lowest BCUT2D eigenvalue weighted by atomic mass is 10.0. The molecule has 2 rings (SSSR count). The molecule has 1 aromatic heterocycles. The number of benzene rings is 1. The molecule has 0 amide bonds. The molecule has 2 aromatic rings. The van der Waals surface area contributed by atoms with Crippen molar-refractivity contribution in [3.63, 3.8) is 0 Å². The average molecular weight is 244 g/mol. The van der Waals surface area contributed by atoms with Crippen LogP contribution < -0.4 is 5.73 Å². The molecule has 1 unspecified atom stereocenters. The monoisotopic (exact) mass is 244 g/mol. The first kappa shape index (κ1) is 12.9. The molecule has 1 atom stereocenters. The van der Waals surface area contributed by atoms with Crippen LogP contribution in [0.5, 0.6) is 0 Å². The maximum absolute atomic E-state index is 6.17. The molecular weight excluding hydrogens is 224 g/mol. The molecular formula is C15H20N2O. The molecule has 1 heterocycles. The minimum Gasteiger partial charge on any atom is -0.468 e. The van der Waals surface area contributed by atoms with Gasteiger partial charge in [-0.3, -0.25) is 4.90 Å². The van der Waals surface area contributed by atoms with Gasteiger partial charge in [0.1, 0.15) is 5.76 Å². The fourth-order valence-corrected chi connectivity index (χ4v) is 1.97. The average Bonchev–Trinajstić information content (AvgIpc) is 2.90. The number of nitrogens with zero attached hydrogens (tertiary/aromatic N) is 1. The van der Waals surface area contributed by atoms with Crippen LogP contribution in [0.2, 0.25) is 0 Å². The summed E-state index contributed by atoms with van der Waals surface area (Å²) in [6.45, 7) is 1.78. The van der Waals surface area contributed by atoms with Gasteiger partial charge in [-0.05, 0) is 31.2 Å². The maximum Gasteiger partial charge on any atom is 0.117 e. The van der Waals surface area contributed by atoms with Crippen molar-refractivity contribution in [1.29, 1.82) is 0 Å². The summed E-state index contributed by atoms with van der Waals surface area (Å²) in [4.78, 5) is 2.22. The highest BCUT2D eigenvalue weighted by atomic mass is 16.3. The van der Waals surface area contributed by atoms with Gasteiger partial charge in [0, 0.05) is 12.6 Å². The van der Waals surface area contributed by atoms with Gasteiger partial charge in [0.25, 0.3) is 0 Å². The van der Waals surface area contributed by atoms with Crippen molar-refractivity contribution in [2.45, 2.75) is 19.0 Å². The van der Waals surface area contributed by atoms with Crippen LogP contribution >= 0.6 is 0 Å². The summed E-state index contributed by atoms with van der Waals surface area (Å²) in [5.41, 5.74) is 7.36. The predicted molar refractivity (Wildman–Crippen MR) is 73.0 cm³/mol. The second-order valence-corrected chi connectivity index (χ2v) is 4.62. The van der Waals surface area contributed by atoms with Gasteiger partial charge < -0.3 is 10.2 Å².